The highest BCUT2D eigenvalue weighted by molar-refractivity contribution is 9.10. The Morgan fingerprint density at radius 2 is 1.92 bits per heavy atom. The molecule has 0 aliphatic rings. The van der Waals surface area contributed by atoms with Crippen molar-refractivity contribution in [3.05, 3.63) is 63.1 Å². The van der Waals surface area contributed by atoms with Crippen LogP contribution in [0, 0.1) is 22.0 Å². The zero-order chi connectivity index (χ0) is 18.3. The lowest BCUT2D eigenvalue weighted by atomic mass is 10.3. The maximum absolute atomic E-state index is 12.1. The lowest BCUT2D eigenvalue weighted by Crippen LogP contribution is -2.24. The molecule has 0 amide bonds. The third-order valence-electron chi connectivity index (χ3n) is 2.93. The number of nitro benzene ring substituents is 1. The van der Waals surface area contributed by atoms with E-state index in [1.807, 2.05) is 12.1 Å². The van der Waals surface area contributed by atoms with Crippen LogP contribution in [-0.2, 0) is 10.0 Å². The molecule has 2 aromatic rings. The first-order valence-corrected chi connectivity index (χ1v) is 9.25. The topological polar surface area (TPSA) is 98.5 Å². The average Bonchev–Trinajstić information content (AvgIpc) is 2.58. The van der Waals surface area contributed by atoms with Crippen LogP contribution < -0.4 is 9.46 Å². The van der Waals surface area contributed by atoms with Gasteiger partial charge in [-0.1, -0.05) is 46.0 Å². The molecular weight excluding hydrogens is 412 g/mol. The van der Waals surface area contributed by atoms with E-state index in [1.165, 1.54) is 18.2 Å². The predicted molar refractivity (Wildman–Crippen MR) is 95.7 cm³/mol. The van der Waals surface area contributed by atoms with Crippen molar-refractivity contribution in [2.75, 3.05) is 13.2 Å². The number of halogens is 1. The fourth-order valence-corrected chi connectivity index (χ4v) is 3.31. The summed E-state index contributed by atoms with van der Waals surface area (Å²) in [6, 6.07) is 12.3. The van der Waals surface area contributed by atoms with E-state index >= 15 is 0 Å². The molecule has 0 saturated heterocycles. The summed E-state index contributed by atoms with van der Waals surface area (Å²) in [6.45, 7) is -0.0973. The summed E-state index contributed by atoms with van der Waals surface area (Å²) in [5.74, 6) is 5.89. The number of ether oxygens (including phenoxy) is 1. The van der Waals surface area contributed by atoms with Gasteiger partial charge in [-0.2, -0.15) is 4.72 Å². The third-order valence-corrected chi connectivity index (χ3v) is 4.88. The summed E-state index contributed by atoms with van der Waals surface area (Å²) in [7, 11) is -4.02. The Labute approximate surface area is 153 Å². The van der Waals surface area contributed by atoms with E-state index in [9.17, 15) is 18.5 Å². The number of nitro groups is 1. The first kappa shape index (κ1) is 18.9. The largest absolute Gasteiger partial charge is 0.481 e. The van der Waals surface area contributed by atoms with Crippen molar-refractivity contribution >= 4 is 31.6 Å². The number of para-hydroxylation sites is 1. The fourth-order valence-electron chi connectivity index (χ4n) is 1.83. The summed E-state index contributed by atoms with van der Waals surface area (Å²) < 4.78 is 32.7. The highest BCUT2D eigenvalue weighted by atomic mass is 79.9. The van der Waals surface area contributed by atoms with Gasteiger partial charge in [0.15, 0.2) is 4.90 Å². The van der Waals surface area contributed by atoms with Gasteiger partial charge in [0, 0.05) is 10.5 Å². The van der Waals surface area contributed by atoms with Crippen molar-refractivity contribution in [3.63, 3.8) is 0 Å². The molecule has 130 valence electrons. The molecule has 0 atom stereocenters. The minimum atomic E-state index is -4.02. The second-order valence-electron chi connectivity index (χ2n) is 4.65. The van der Waals surface area contributed by atoms with Gasteiger partial charge in [0.1, 0.15) is 12.4 Å². The van der Waals surface area contributed by atoms with Crippen molar-refractivity contribution in [2.24, 2.45) is 0 Å². The molecule has 25 heavy (non-hydrogen) atoms. The number of hydrogen-bond donors (Lipinski definition) is 1. The smallest absolute Gasteiger partial charge is 0.289 e. The third kappa shape index (κ3) is 5.56. The van der Waals surface area contributed by atoms with Gasteiger partial charge in [-0.15, -0.1) is 0 Å². The molecule has 0 spiro atoms. The molecule has 0 fully saturated rings. The minimum Gasteiger partial charge on any atom is -0.481 e. The van der Waals surface area contributed by atoms with Crippen LogP contribution in [0.2, 0.25) is 0 Å². The highest BCUT2D eigenvalue weighted by Gasteiger charge is 2.24. The lowest BCUT2D eigenvalue weighted by molar-refractivity contribution is -0.387. The quantitative estimate of drug-likeness (QED) is 0.436. The van der Waals surface area contributed by atoms with Gasteiger partial charge in [0.2, 0.25) is 10.0 Å². The monoisotopic (exact) mass is 424 g/mol. The summed E-state index contributed by atoms with van der Waals surface area (Å²) >= 11 is 3.32. The number of sulfonamides is 1. The van der Waals surface area contributed by atoms with Gasteiger partial charge in [-0.3, -0.25) is 10.1 Å². The molecule has 1 N–H and O–H groups in total. The maximum Gasteiger partial charge on any atom is 0.289 e. The van der Waals surface area contributed by atoms with Crippen LogP contribution in [-0.4, -0.2) is 26.5 Å². The van der Waals surface area contributed by atoms with Crippen LogP contribution in [0.5, 0.6) is 5.75 Å². The number of benzene rings is 2. The van der Waals surface area contributed by atoms with Gasteiger partial charge >= 0.3 is 0 Å². The Morgan fingerprint density at radius 1 is 1.16 bits per heavy atom. The molecule has 0 aliphatic heterocycles. The minimum absolute atomic E-state index is 0.0870. The van der Waals surface area contributed by atoms with Crippen LogP contribution in [0.3, 0.4) is 0 Å². The van der Waals surface area contributed by atoms with Crippen LogP contribution in [0.1, 0.15) is 0 Å². The van der Waals surface area contributed by atoms with Crippen LogP contribution in [0.25, 0.3) is 0 Å². The molecule has 0 radical (unpaired) electrons. The normalized spacial score (nSPS) is 10.6. The SMILES string of the molecule is O=[N+]([O-])c1ccccc1S(=O)(=O)NCC#CCOc1cccc(Br)c1. The number of rotatable bonds is 6. The molecule has 0 heterocycles. The summed E-state index contributed by atoms with van der Waals surface area (Å²) in [5, 5.41) is 10.9. The molecule has 9 heteroatoms. The van der Waals surface area contributed by atoms with Gasteiger partial charge < -0.3 is 4.74 Å². The zero-order valence-corrected chi connectivity index (χ0v) is 15.2. The maximum atomic E-state index is 12.1. The van der Waals surface area contributed by atoms with E-state index in [0.717, 1.165) is 10.5 Å². The van der Waals surface area contributed by atoms with Gasteiger partial charge in [-0.25, -0.2) is 8.42 Å². The highest BCUT2D eigenvalue weighted by Crippen LogP contribution is 2.22. The standard InChI is InChI=1S/C16H13BrN2O5S/c17-13-6-5-7-14(12-13)24-11-4-3-10-18-25(22,23)16-9-2-1-8-15(16)19(20)21/h1-2,5-9,12,18H,10-11H2. The van der Waals surface area contributed by atoms with E-state index in [-0.39, 0.29) is 13.2 Å². The second kappa shape index (κ2) is 8.62. The molecule has 2 aromatic carbocycles. The van der Waals surface area contributed by atoms with E-state index in [1.54, 1.807) is 12.1 Å². The fraction of sp³-hybridized carbons (Fsp3) is 0.125. The molecule has 0 aromatic heterocycles. The molecule has 2 rings (SSSR count). The van der Waals surface area contributed by atoms with E-state index in [2.05, 4.69) is 32.5 Å². The first-order chi connectivity index (χ1) is 11.9. The predicted octanol–water partition coefficient (Wildman–Crippen LogP) is 2.72. The molecule has 0 aliphatic carbocycles. The first-order valence-electron chi connectivity index (χ1n) is 6.97. The Hall–Kier alpha value is -2.41. The van der Waals surface area contributed by atoms with Crippen molar-refractivity contribution in [1.29, 1.82) is 0 Å². The van der Waals surface area contributed by atoms with Gasteiger partial charge in [0.05, 0.1) is 11.5 Å². The summed E-state index contributed by atoms with van der Waals surface area (Å²) in [6.07, 6.45) is 0. The number of nitrogens with zero attached hydrogens (tertiary/aromatic N) is 1. The Morgan fingerprint density at radius 3 is 2.64 bits per heavy atom. The van der Waals surface area contributed by atoms with Crippen molar-refractivity contribution in [3.8, 4) is 17.6 Å². The summed E-state index contributed by atoms with van der Waals surface area (Å²) in [5.41, 5.74) is -0.485. The summed E-state index contributed by atoms with van der Waals surface area (Å²) in [4.78, 5) is 9.77. The van der Waals surface area contributed by atoms with E-state index in [4.69, 9.17) is 4.74 Å². The Balaban J connectivity index is 1.92. The lowest BCUT2D eigenvalue weighted by Gasteiger charge is -2.04. The van der Waals surface area contributed by atoms with Gasteiger partial charge in [0.25, 0.3) is 5.69 Å². The molecule has 0 unspecified atom stereocenters. The van der Waals surface area contributed by atoms with E-state index in [0.29, 0.717) is 5.75 Å². The molecule has 7 nitrogen and oxygen atoms in total. The Bertz CT molecular complexity index is 935. The second-order valence-corrected chi connectivity index (χ2v) is 7.30. The van der Waals surface area contributed by atoms with Crippen LogP contribution in [0.15, 0.2) is 57.9 Å². The van der Waals surface area contributed by atoms with Crippen molar-refractivity contribution < 1.29 is 18.1 Å². The van der Waals surface area contributed by atoms with Crippen molar-refractivity contribution in [2.45, 2.75) is 4.90 Å². The molecular formula is C16H13BrN2O5S. The molecule has 0 bridgehead atoms. The molecule has 0 saturated carbocycles. The zero-order valence-electron chi connectivity index (χ0n) is 12.8. The Kier molecular flexibility index (Phi) is 6.52. The van der Waals surface area contributed by atoms with E-state index < -0.39 is 25.5 Å². The average molecular weight is 425 g/mol. The van der Waals surface area contributed by atoms with Crippen molar-refractivity contribution in [1.82, 2.24) is 4.72 Å². The van der Waals surface area contributed by atoms with Gasteiger partial charge in [-0.05, 0) is 24.3 Å². The van der Waals surface area contributed by atoms with Crippen LogP contribution in [0.4, 0.5) is 5.69 Å². The number of nitrogens with one attached hydrogen (secondary N) is 1. The van der Waals surface area contributed by atoms with Crippen LogP contribution >= 0.6 is 15.9 Å². The number of hydrogen-bond acceptors (Lipinski definition) is 5.